The van der Waals surface area contributed by atoms with Crippen LogP contribution in [-0.2, 0) is 0 Å². The minimum absolute atomic E-state index is 0.403. The fourth-order valence-corrected chi connectivity index (χ4v) is 3.17. The van der Waals surface area contributed by atoms with Gasteiger partial charge in [0.25, 0.3) is 0 Å². The standard InChI is InChI=1S/C12H22ClN/c1-12(9-13)6-7-14(10-12)8-11-4-2-3-5-11/h11H,2-10H2,1H3. The summed E-state index contributed by atoms with van der Waals surface area (Å²) in [6.07, 6.45) is 7.15. The van der Waals surface area contributed by atoms with Gasteiger partial charge in [0.15, 0.2) is 0 Å². The first kappa shape index (κ1) is 10.8. The van der Waals surface area contributed by atoms with Gasteiger partial charge >= 0.3 is 0 Å². The molecule has 1 atom stereocenters. The Morgan fingerprint density at radius 3 is 2.64 bits per heavy atom. The van der Waals surface area contributed by atoms with Crippen LogP contribution in [0, 0.1) is 11.3 Å². The van der Waals surface area contributed by atoms with Gasteiger partial charge in [-0.3, -0.25) is 0 Å². The Labute approximate surface area is 92.8 Å². The van der Waals surface area contributed by atoms with Crippen LogP contribution in [0.15, 0.2) is 0 Å². The van der Waals surface area contributed by atoms with Crippen molar-refractivity contribution in [2.45, 2.75) is 39.0 Å². The molecule has 1 heterocycles. The molecular formula is C12H22ClN. The number of likely N-dealkylation sites (tertiary alicyclic amines) is 1. The van der Waals surface area contributed by atoms with Gasteiger partial charge in [-0.05, 0) is 37.1 Å². The molecule has 2 rings (SSSR count). The van der Waals surface area contributed by atoms with E-state index < -0.39 is 0 Å². The number of rotatable bonds is 3. The highest BCUT2D eigenvalue weighted by atomic mass is 35.5. The zero-order valence-electron chi connectivity index (χ0n) is 9.27. The molecule has 2 fully saturated rings. The Bertz CT molecular complexity index is 189. The zero-order valence-corrected chi connectivity index (χ0v) is 10.0. The lowest BCUT2D eigenvalue weighted by atomic mass is 9.93. The van der Waals surface area contributed by atoms with E-state index in [0.717, 1.165) is 11.8 Å². The number of hydrogen-bond acceptors (Lipinski definition) is 1. The Morgan fingerprint density at radius 1 is 1.36 bits per heavy atom. The van der Waals surface area contributed by atoms with Crippen molar-refractivity contribution in [1.82, 2.24) is 4.90 Å². The molecule has 1 aliphatic carbocycles. The number of nitrogens with zero attached hydrogens (tertiary/aromatic N) is 1. The quantitative estimate of drug-likeness (QED) is 0.654. The average Bonchev–Trinajstić information content (AvgIpc) is 2.78. The van der Waals surface area contributed by atoms with Crippen molar-refractivity contribution in [2.24, 2.45) is 11.3 Å². The molecule has 0 aromatic carbocycles. The third kappa shape index (κ3) is 2.43. The maximum Gasteiger partial charge on any atom is 0.0290 e. The summed E-state index contributed by atoms with van der Waals surface area (Å²) in [6.45, 7) is 6.17. The minimum atomic E-state index is 0.403. The molecular weight excluding hydrogens is 194 g/mol. The highest BCUT2D eigenvalue weighted by Crippen LogP contribution is 2.33. The second-order valence-electron chi connectivity index (χ2n) is 5.58. The van der Waals surface area contributed by atoms with Crippen LogP contribution in [0.3, 0.4) is 0 Å². The van der Waals surface area contributed by atoms with E-state index >= 15 is 0 Å². The summed E-state index contributed by atoms with van der Waals surface area (Å²) >= 11 is 6.00. The van der Waals surface area contributed by atoms with Crippen molar-refractivity contribution in [3.63, 3.8) is 0 Å². The van der Waals surface area contributed by atoms with Crippen molar-refractivity contribution in [3.05, 3.63) is 0 Å². The van der Waals surface area contributed by atoms with Crippen LogP contribution in [-0.4, -0.2) is 30.4 Å². The van der Waals surface area contributed by atoms with E-state index in [-0.39, 0.29) is 0 Å². The monoisotopic (exact) mass is 215 g/mol. The molecule has 0 amide bonds. The summed E-state index contributed by atoms with van der Waals surface area (Å²) < 4.78 is 0. The molecule has 0 bridgehead atoms. The summed E-state index contributed by atoms with van der Waals surface area (Å²) in [5.74, 6) is 1.82. The maximum atomic E-state index is 6.00. The van der Waals surface area contributed by atoms with Gasteiger partial charge in [-0.25, -0.2) is 0 Å². The van der Waals surface area contributed by atoms with Gasteiger partial charge < -0.3 is 4.90 Å². The van der Waals surface area contributed by atoms with Crippen molar-refractivity contribution < 1.29 is 0 Å². The van der Waals surface area contributed by atoms with Gasteiger partial charge in [0.05, 0.1) is 0 Å². The first-order valence-corrected chi connectivity index (χ1v) is 6.54. The molecule has 14 heavy (non-hydrogen) atoms. The second kappa shape index (κ2) is 4.40. The molecule has 0 radical (unpaired) electrons. The molecule has 1 saturated heterocycles. The lowest BCUT2D eigenvalue weighted by Gasteiger charge is -2.23. The predicted molar refractivity (Wildman–Crippen MR) is 61.8 cm³/mol. The summed E-state index contributed by atoms with van der Waals surface area (Å²) in [7, 11) is 0. The molecule has 2 aliphatic rings. The third-order valence-electron chi connectivity index (χ3n) is 3.95. The Balaban J connectivity index is 1.78. The average molecular weight is 216 g/mol. The summed E-state index contributed by atoms with van der Waals surface area (Å²) in [6, 6.07) is 0. The Kier molecular flexibility index (Phi) is 3.38. The molecule has 0 aromatic rings. The van der Waals surface area contributed by atoms with Gasteiger partial charge in [-0.1, -0.05) is 19.8 Å². The lowest BCUT2D eigenvalue weighted by molar-refractivity contribution is 0.252. The van der Waals surface area contributed by atoms with Crippen LogP contribution in [0.4, 0.5) is 0 Å². The van der Waals surface area contributed by atoms with Gasteiger partial charge in [0.1, 0.15) is 0 Å². The highest BCUT2D eigenvalue weighted by Gasteiger charge is 2.33. The van der Waals surface area contributed by atoms with Gasteiger partial charge in [0.2, 0.25) is 0 Å². The van der Waals surface area contributed by atoms with Crippen LogP contribution in [0.2, 0.25) is 0 Å². The molecule has 0 N–H and O–H groups in total. The van der Waals surface area contributed by atoms with Crippen LogP contribution in [0.1, 0.15) is 39.0 Å². The molecule has 0 aromatic heterocycles. The fourth-order valence-electron chi connectivity index (χ4n) is 2.95. The minimum Gasteiger partial charge on any atom is -0.302 e. The smallest absolute Gasteiger partial charge is 0.0290 e. The second-order valence-corrected chi connectivity index (χ2v) is 5.85. The topological polar surface area (TPSA) is 3.24 Å². The normalized spacial score (nSPS) is 35.6. The molecule has 0 spiro atoms. The van der Waals surface area contributed by atoms with E-state index in [1.807, 2.05) is 0 Å². The molecule has 1 saturated carbocycles. The van der Waals surface area contributed by atoms with Crippen molar-refractivity contribution in [1.29, 1.82) is 0 Å². The van der Waals surface area contributed by atoms with Gasteiger partial charge in [-0.2, -0.15) is 0 Å². The first-order chi connectivity index (χ1) is 6.72. The highest BCUT2D eigenvalue weighted by molar-refractivity contribution is 6.18. The van der Waals surface area contributed by atoms with Crippen LogP contribution < -0.4 is 0 Å². The van der Waals surface area contributed by atoms with E-state index in [9.17, 15) is 0 Å². The molecule has 1 aliphatic heterocycles. The zero-order chi connectivity index (χ0) is 10.0. The molecule has 1 unspecified atom stereocenters. The molecule has 1 nitrogen and oxygen atoms in total. The molecule has 82 valence electrons. The number of alkyl halides is 1. The number of halogens is 1. The van der Waals surface area contributed by atoms with E-state index in [0.29, 0.717) is 5.41 Å². The Morgan fingerprint density at radius 2 is 2.07 bits per heavy atom. The summed E-state index contributed by atoms with van der Waals surface area (Å²) in [5.41, 5.74) is 0.403. The summed E-state index contributed by atoms with van der Waals surface area (Å²) in [5, 5.41) is 0. The molecule has 2 heteroatoms. The predicted octanol–water partition coefficient (Wildman–Crippen LogP) is 3.13. The fraction of sp³-hybridized carbons (Fsp3) is 1.00. The van der Waals surface area contributed by atoms with E-state index in [1.54, 1.807) is 0 Å². The third-order valence-corrected chi connectivity index (χ3v) is 4.60. The number of hydrogen-bond donors (Lipinski definition) is 0. The van der Waals surface area contributed by atoms with Gasteiger partial charge in [0, 0.05) is 19.0 Å². The van der Waals surface area contributed by atoms with E-state index in [1.165, 1.54) is 51.7 Å². The Hall–Kier alpha value is 0.250. The van der Waals surface area contributed by atoms with E-state index in [2.05, 4.69) is 11.8 Å². The van der Waals surface area contributed by atoms with Crippen molar-refractivity contribution in [2.75, 3.05) is 25.5 Å². The lowest BCUT2D eigenvalue weighted by Crippen LogP contribution is -2.29. The largest absolute Gasteiger partial charge is 0.302 e. The van der Waals surface area contributed by atoms with Gasteiger partial charge in [-0.15, -0.1) is 11.6 Å². The summed E-state index contributed by atoms with van der Waals surface area (Å²) in [4.78, 5) is 2.64. The SMILES string of the molecule is CC1(CCl)CCN(CC2CCCC2)C1. The van der Waals surface area contributed by atoms with Crippen LogP contribution in [0.5, 0.6) is 0 Å². The van der Waals surface area contributed by atoms with Crippen LogP contribution >= 0.6 is 11.6 Å². The van der Waals surface area contributed by atoms with Crippen molar-refractivity contribution in [3.8, 4) is 0 Å². The van der Waals surface area contributed by atoms with Crippen molar-refractivity contribution >= 4 is 11.6 Å². The van der Waals surface area contributed by atoms with E-state index in [4.69, 9.17) is 11.6 Å². The maximum absolute atomic E-state index is 6.00. The first-order valence-electron chi connectivity index (χ1n) is 6.00. The van der Waals surface area contributed by atoms with Crippen LogP contribution in [0.25, 0.3) is 0 Å².